The molecule has 184 valence electrons. The first-order valence-electron chi connectivity index (χ1n) is 11.6. The van der Waals surface area contributed by atoms with Crippen molar-refractivity contribution in [2.24, 2.45) is 11.1 Å². The Balaban J connectivity index is 1.53. The number of benzene rings is 3. The minimum Gasteiger partial charge on any atom is -0.393 e. The van der Waals surface area contributed by atoms with Gasteiger partial charge in [-0.1, -0.05) is 72.8 Å². The lowest BCUT2D eigenvalue weighted by Gasteiger charge is -2.24. The summed E-state index contributed by atoms with van der Waals surface area (Å²) in [6, 6.07) is 22.9. The Morgan fingerprint density at radius 3 is 2.37 bits per heavy atom. The molecule has 0 heterocycles. The van der Waals surface area contributed by atoms with Crippen molar-refractivity contribution < 1.29 is 23.4 Å². The molecule has 7 nitrogen and oxygen atoms in total. The second kappa shape index (κ2) is 10.7. The van der Waals surface area contributed by atoms with Gasteiger partial charge in [0.15, 0.2) is 0 Å². The third-order valence-electron chi connectivity index (χ3n) is 6.49. The summed E-state index contributed by atoms with van der Waals surface area (Å²) >= 11 is 0. The van der Waals surface area contributed by atoms with Gasteiger partial charge in [-0.15, -0.1) is 0 Å². The van der Waals surface area contributed by atoms with Crippen LogP contribution in [0.25, 0.3) is 0 Å². The summed E-state index contributed by atoms with van der Waals surface area (Å²) in [5.41, 5.74) is 3.25. The fraction of sp³-hybridized carbons (Fsp3) is 0.296. The summed E-state index contributed by atoms with van der Waals surface area (Å²) in [4.78, 5) is 13.4. The van der Waals surface area contributed by atoms with Crippen molar-refractivity contribution in [3.8, 4) is 0 Å². The zero-order valence-corrected chi connectivity index (χ0v) is 20.1. The molecule has 1 aliphatic rings. The van der Waals surface area contributed by atoms with Crippen molar-refractivity contribution in [1.82, 2.24) is 5.32 Å². The highest BCUT2D eigenvalue weighted by molar-refractivity contribution is 7.89. The van der Waals surface area contributed by atoms with Crippen LogP contribution < -0.4 is 10.5 Å². The highest BCUT2D eigenvalue weighted by Crippen LogP contribution is 2.32. The SMILES string of the molecule is NS(=O)(=O)c1ccccc1C[C@H](O)C[C@@H](Cc1ccccc1)C(=O)N[C@H]1c2ccccc2C[C@H]1O. The maximum absolute atomic E-state index is 13.4. The summed E-state index contributed by atoms with van der Waals surface area (Å²) in [6.07, 6.45) is -0.675. The number of amides is 1. The Morgan fingerprint density at radius 1 is 0.971 bits per heavy atom. The van der Waals surface area contributed by atoms with Gasteiger partial charge in [0.2, 0.25) is 15.9 Å². The van der Waals surface area contributed by atoms with E-state index in [4.69, 9.17) is 5.14 Å². The molecular formula is C27H30N2O5S. The van der Waals surface area contributed by atoms with Gasteiger partial charge in [-0.2, -0.15) is 0 Å². The van der Waals surface area contributed by atoms with Gasteiger partial charge in [-0.3, -0.25) is 4.79 Å². The van der Waals surface area contributed by atoms with Crippen LogP contribution in [0.1, 0.15) is 34.7 Å². The fourth-order valence-electron chi connectivity index (χ4n) is 4.82. The van der Waals surface area contributed by atoms with Crippen molar-refractivity contribution in [3.05, 3.63) is 101 Å². The van der Waals surface area contributed by atoms with Crippen molar-refractivity contribution in [2.45, 2.75) is 48.8 Å². The number of carbonyl (C=O) groups excluding carboxylic acids is 1. The first-order chi connectivity index (χ1) is 16.7. The molecule has 4 atom stereocenters. The molecule has 0 bridgehead atoms. The summed E-state index contributed by atoms with van der Waals surface area (Å²) in [6.45, 7) is 0. The smallest absolute Gasteiger partial charge is 0.238 e. The number of carbonyl (C=O) groups is 1. The minimum atomic E-state index is -3.94. The number of nitrogens with two attached hydrogens (primary N) is 1. The van der Waals surface area contributed by atoms with E-state index in [1.54, 1.807) is 18.2 Å². The first kappa shape index (κ1) is 25.1. The van der Waals surface area contributed by atoms with E-state index in [0.29, 0.717) is 18.4 Å². The lowest BCUT2D eigenvalue weighted by atomic mass is 9.90. The highest BCUT2D eigenvalue weighted by Gasteiger charge is 2.34. The van der Waals surface area contributed by atoms with E-state index >= 15 is 0 Å². The van der Waals surface area contributed by atoms with Gasteiger partial charge in [-0.05, 0) is 47.6 Å². The molecule has 0 aliphatic heterocycles. The van der Waals surface area contributed by atoms with E-state index in [-0.39, 0.29) is 23.6 Å². The maximum Gasteiger partial charge on any atom is 0.238 e. The number of fused-ring (bicyclic) bond motifs is 1. The molecule has 4 rings (SSSR count). The quantitative estimate of drug-likeness (QED) is 0.363. The van der Waals surface area contributed by atoms with E-state index in [0.717, 1.165) is 16.7 Å². The standard InChI is InChI=1S/C27H30N2O5S/c28-35(33,34)25-13-7-5-11-20(25)15-22(30)16-21(14-18-8-2-1-3-9-18)27(32)29-26-23-12-6-4-10-19(23)17-24(26)31/h1-13,21-22,24,26,30-31H,14-17H2,(H,29,32)(H2,28,33,34)/t21-,22+,24-,26+/m1/s1. The number of nitrogens with one attached hydrogen (secondary N) is 1. The normalized spacial score (nSPS) is 19.1. The third kappa shape index (κ3) is 6.15. The van der Waals surface area contributed by atoms with Crippen LogP contribution in [0.4, 0.5) is 0 Å². The summed E-state index contributed by atoms with van der Waals surface area (Å²) < 4.78 is 23.9. The fourth-order valence-corrected chi connectivity index (χ4v) is 5.60. The molecule has 1 aliphatic carbocycles. The van der Waals surface area contributed by atoms with Crippen LogP contribution in [-0.2, 0) is 34.1 Å². The molecule has 0 radical (unpaired) electrons. The van der Waals surface area contributed by atoms with Crippen LogP contribution in [0.15, 0.2) is 83.8 Å². The van der Waals surface area contributed by atoms with E-state index < -0.39 is 34.2 Å². The first-order valence-corrected chi connectivity index (χ1v) is 13.2. The van der Waals surface area contributed by atoms with Crippen molar-refractivity contribution >= 4 is 15.9 Å². The van der Waals surface area contributed by atoms with Crippen molar-refractivity contribution in [1.29, 1.82) is 0 Å². The van der Waals surface area contributed by atoms with E-state index in [1.807, 2.05) is 54.6 Å². The molecule has 0 saturated heterocycles. The van der Waals surface area contributed by atoms with Gasteiger partial charge in [-0.25, -0.2) is 13.6 Å². The zero-order valence-electron chi connectivity index (χ0n) is 19.2. The number of rotatable bonds is 9. The van der Waals surface area contributed by atoms with Crippen molar-refractivity contribution in [3.63, 3.8) is 0 Å². The Labute approximate surface area is 205 Å². The van der Waals surface area contributed by atoms with Crippen LogP contribution in [0.3, 0.4) is 0 Å². The van der Waals surface area contributed by atoms with Crippen LogP contribution in [0, 0.1) is 5.92 Å². The van der Waals surface area contributed by atoms with E-state index in [1.165, 1.54) is 6.07 Å². The number of aliphatic hydroxyl groups excluding tert-OH is 2. The number of hydrogen-bond acceptors (Lipinski definition) is 5. The average molecular weight is 495 g/mol. The summed E-state index contributed by atoms with van der Waals surface area (Å²) in [7, 11) is -3.94. The lowest BCUT2D eigenvalue weighted by molar-refractivity contribution is -0.127. The van der Waals surface area contributed by atoms with Crippen LogP contribution in [-0.4, -0.2) is 36.7 Å². The molecule has 5 N–H and O–H groups in total. The monoisotopic (exact) mass is 494 g/mol. The number of aliphatic hydroxyl groups is 2. The molecule has 0 saturated carbocycles. The second-order valence-electron chi connectivity index (χ2n) is 9.09. The van der Waals surface area contributed by atoms with E-state index in [9.17, 15) is 23.4 Å². The molecule has 35 heavy (non-hydrogen) atoms. The van der Waals surface area contributed by atoms with E-state index in [2.05, 4.69) is 5.32 Å². The summed E-state index contributed by atoms with van der Waals surface area (Å²) in [5, 5.41) is 29.8. The van der Waals surface area contributed by atoms with Crippen molar-refractivity contribution in [2.75, 3.05) is 0 Å². The molecule has 1 amide bonds. The van der Waals surface area contributed by atoms with Gasteiger partial charge in [0, 0.05) is 12.3 Å². The molecule has 0 spiro atoms. The predicted molar refractivity (Wildman–Crippen MR) is 133 cm³/mol. The van der Waals surface area contributed by atoms with Gasteiger partial charge >= 0.3 is 0 Å². The molecule has 8 heteroatoms. The average Bonchev–Trinajstić information content (AvgIpc) is 3.14. The van der Waals surface area contributed by atoms with Crippen LogP contribution in [0.5, 0.6) is 0 Å². The zero-order chi connectivity index (χ0) is 25.0. The molecule has 3 aromatic rings. The Bertz CT molecular complexity index is 1280. The largest absolute Gasteiger partial charge is 0.393 e. The molecule has 3 aromatic carbocycles. The van der Waals surface area contributed by atoms with Gasteiger partial charge < -0.3 is 15.5 Å². The number of hydrogen-bond donors (Lipinski definition) is 4. The predicted octanol–water partition coefficient (Wildman–Crippen LogP) is 2.26. The number of sulfonamides is 1. The third-order valence-corrected chi connectivity index (χ3v) is 7.50. The highest BCUT2D eigenvalue weighted by atomic mass is 32.2. The second-order valence-corrected chi connectivity index (χ2v) is 10.6. The van der Waals surface area contributed by atoms with Crippen LogP contribution >= 0.6 is 0 Å². The Kier molecular flexibility index (Phi) is 7.66. The summed E-state index contributed by atoms with van der Waals surface area (Å²) in [5.74, 6) is -0.859. The molecule has 0 fully saturated rings. The molecular weight excluding hydrogens is 464 g/mol. The topological polar surface area (TPSA) is 130 Å². The Morgan fingerprint density at radius 2 is 1.63 bits per heavy atom. The maximum atomic E-state index is 13.4. The van der Waals surface area contributed by atoms with Gasteiger partial charge in [0.25, 0.3) is 0 Å². The molecule has 0 aromatic heterocycles. The Hall–Kier alpha value is -3.04. The van der Waals surface area contributed by atoms with Crippen LogP contribution in [0.2, 0.25) is 0 Å². The lowest BCUT2D eigenvalue weighted by Crippen LogP contribution is -2.39. The minimum absolute atomic E-state index is 0.0335. The van der Waals surface area contributed by atoms with Gasteiger partial charge in [0.1, 0.15) is 0 Å². The van der Waals surface area contributed by atoms with Gasteiger partial charge in [0.05, 0.1) is 23.1 Å². The molecule has 0 unspecified atom stereocenters. The number of primary sulfonamides is 1.